The number of carbonyl (C=O) groups excluding carboxylic acids is 2. The van der Waals surface area contributed by atoms with Crippen molar-refractivity contribution >= 4 is 34.1 Å². The Kier molecular flexibility index (Phi) is 15.1. The van der Waals surface area contributed by atoms with Gasteiger partial charge in [-0.25, -0.2) is 4.68 Å². The Morgan fingerprint density at radius 1 is 0.892 bits per heavy atom. The van der Waals surface area contributed by atoms with Gasteiger partial charge < -0.3 is 33.5 Å². The summed E-state index contributed by atoms with van der Waals surface area (Å²) in [5.41, 5.74) is 7.88. The molecule has 3 aliphatic rings. The second-order valence-corrected chi connectivity index (χ2v) is 16.5. The van der Waals surface area contributed by atoms with Crippen LogP contribution in [-0.2, 0) is 36.0 Å². The smallest absolute Gasteiger partial charge is 0.270 e. The second kappa shape index (κ2) is 21.1. The van der Waals surface area contributed by atoms with Gasteiger partial charge in [-0.1, -0.05) is 50.2 Å². The number of non-ortho nitro benzene ring substituents is 1. The van der Waals surface area contributed by atoms with Crippen molar-refractivity contribution in [2.24, 2.45) is 7.05 Å². The molecule has 0 saturated carbocycles. The van der Waals surface area contributed by atoms with Gasteiger partial charge in [-0.15, -0.1) is 0 Å². The predicted octanol–water partition coefficient (Wildman–Crippen LogP) is 9.29. The first-order valence-electron chi connectivity index (χ1n) is 22.6. The normalized spacial score (nSPS) is 16.1. The zero-order valence-electron chi connectivity index (χ0n) is 38.7. The largest absolute Gasteiger partial charge is 0.496 e. The van der Waals surface area contributed by atoms with Crippen molar-refractivity contribution < 1.29 is 28.7 Å². The molecule has 6 aromatic rings. The molecule has 3 aliphatic heterocycles. The minimum absolute atomic E-state index is 0.133. The fraction of sp³-hybridized carbons (Fsp3) is 0.392. The van der Waals surface area contributed by atoms with Gasteiger partial charge in [0.2, 0.25) is 0 Å². The molecule has 65 heavy (non-hydrogen) atoms. The van der Waals surface area contributed by atoms with E-state index in [2.05, 4.69) is 23.1 Å². The molecule has 5 heterocycles. The number of nitro groups is 1. The summed E-state index contributed by atoms with van der Waals surface area (Å²) >= 11 is 0. The monoisotopic (exact) mass is 883 g/mol. The maximum Gasteiger partial charge on any atom is 0.270 e. The number of methoxy groups -OCH3 is 1. The fourth-order valence-corrected chi connectivity index (χ4v) is 8.72. The number of amides is 2. The number of anilines is 1. The lowest BCUT2D eigenvalue weighted by Crippen LogP contribution is -2.36. The minimum atomic E-state index is -0.465. The number of ether oxygens (including phenoxy) is 3. The highest BCUT2D eigenvalue weighted by Crippen LogP contribution is 2.36. The summed E-state index contributed by atoms with van der Waals surface area (Å²) in [6, 6.07) is 25.8. The van der Waals surface area contributed by atoms with Crippen LogP contribution in [0.2, 0.25) is 0 Å². The molecule has 2 amide bonds. The van der Waals surface area contributed by atoms with Crippen LogP contribution in [0.1, 0.15) is 88.0 Å². The Morgan fingerprint density at radius 2 is 1.66 bits per heavy atom. The Bertz CT molecular complexity index is 2640. The van der Waals surface area contributed by atoms with Crippen LogP contribution in [0.25, 0.3) is 22.2 Å². The van der Waals surface area contributed by atoms with Gasteiger partial charge in [0.05, 0.1) is 49.1 Å². The molecule has 2 aromatic heterocycles. The summed E-state index contributed by atoms with van der Waals surface area (Å²) in [6.45, 7) is 13.8. The molecule has 342 valence electrons. The van der Waals surface area contributed by atoms with Gasteiger partial charge in [-0.2, -0.15) is 5.10 Å². The summed E-state index contributed by atoms with van der Waals surface area (Å²) in [5.74, 6) is 0.232. The molecular formula is C51H61N7O7. The second-order valence-electron chi connectivity index (χ2n) is 16.5. The van der Waals surface area contributed by atoms with E-state index < -0.39 is 4.92 Å². The van der Waals surface area contributed by atoms with Crippen LogP contribution in [0.4, 0.5) is 11.4 Å². The molecule has 2 saturated heterocycles. The fourth-order valence-electron chi connectivity index (χ4n) is 8.72. The summed E-state index contributed by atoms with van der Waals surface area (Å²) < 4.78 is 20.5. The predicted molar refractivity (Wildman–Crippen MR) is 254 cm³/mol. The molecule has 0 aliphatic carbocycles. The van der Waals surface area contributed by atoms with E-state index in [-0.39, 0.29) is 30.3 Å². The van der Waals surface area contributed by atoms with Crippen molar-refractivity contribution in [1.29, 1.82) is 0 Å². The standard InChI is InChI=1S/C44H44N6O6.C5H11NO.C2H6/c1-28-31(12-9-13-41(28)55-4)27-48(34-16-18-39-33(22-34)25-45-49(39)42-14-7-8-21-56-42)44(52)37-24-40(46(3)29(37)2)38-23-35(50(53)54)15-17-36(38)43(51)47-20-19-30-10-5-6-11-32(30)26-47;1-6-2-4-7-5-3-6;1-2/h5-6,9-13,15-18,22-25,42H,7-8,14,19-21,26-27H2,1-4H3;2-5H2,1H3;1-2H3. The topological polar surface area (TPSA) is 137 Å². The summed E-state index contributed by atoms with van der Waals surface area (Å²) in [5, 5.41) is 17.6. The van der Waals surface area contributed by atoms with E-state index in [1.54, 1.807) is 23.0 Å². The lowest BCUT2D eigenvalue weighted by atomic mass is 9.97. The van der Waals surface area contributed by atoms with E-state index >= 15 is 4.79 Å². The molecule has 0 N–H and O–H groups in total. The van der Waals surface area contributed by atoms with Gasteiger partial charge in [-0.05, 0) is 105 Å². The molecule has 9 rings (SSSR count). The molecule has 0 radical (unpaired) electrons. The first kappa shape index (κ1) is 46.6. The minimum Gasteiger partial charge on any atom is -0.496 e. The van der Waals surface area contributed by atoms with Crippen LogP contribution in [0, 0.1) is 24.0 Å². The SMILES string of the molecule is CC.CN1CCOCC1.COc1cccc(CN(C(=O)c2cc(-c3cc([N+](=O)[O-])ccc3C(=O)N3CCc4ccccc4C3)n(C)c2C)c2ccc3c(cnn3C3CCCCO3)c2)c1C. The number of nitrogens with zero attached hydrogens (tertiary/aromatic N) is 7. The third-order valence-electron chi connectivity index (χ3n) is 12.6. The molecule has 1 atom stereocenters. The summed E-state index contributed by atoms with van der Waals surface area (Å²) in [6.07, 6.45) is 5.39. The number of fused-ring (bicyclic) bond motifs is 2. The Hall–Kier alpha value is -6.35. The quantitative estimate of drug-likeness (QED) is 0.103. The Balaban J connectivity index is 0.000000633. The molecule has 0 bridgehead atoms. The highest BCUT2D eigenvalue weighted by atomic mass is 16.6. The Morgan fingerprint density at radius 3 is 2.35 bits per heavy atom. The van der Waals surface area contributed by atoms with Gasteiger partial charge >= 0.3 is 0 Å². The van der Waals surface area contributed by atoms with Crippen LogP contribution in [0.5, 0.6) is 5.75 Å². The van der Waals surface area contributed by atoms with E-state index in [9.17, 15) is 14.9 Å². The number of likely N-dealkylation sites (N-methyl/N-ethyl adjacent to an activating group) is 1. The van der Waals surface area contributed by atoms with Gasteiger partial charge in [0, 0.05) is 85.6 Å². The van der Waals surface area contributed by atoms with E-state index in [1.807, 2.05) is 105 Å². The molecule has 4 aromatic carbocycles. The molecule has 1 unspecified atom stereocenters. The molecule has 14 nitrogen and oxygen atoms in total. The number of carbonyl (C=O) groups is 2. The van der Waals surface area contributed by atoms with Crippen molar-refractivity contribution in [2.45, 2.75) is 72.7 Å². The average molecular weight is 884 g/mol. The van der Waals surface area contributed by atoms with Crippen LogP contribution in [0.3, 0.4) is 0 Å². The van der Waals surface area contributed by atoms with E-state index in [0.29, 0.717) is 53.5 Å². The number of nitro benzene ring substituents is 1. The molecule has 0 spiro atoms. The van der Waals surface area contributed by atoms with Gasteiger partial charge in [0.1, 0.15) is 5.75 Å². The van der Waals surface area contributed by atoms with Crippen molar-refractivity contribution in [3.63, 3.8) is 0 Å². The van der Waals surface area contributed by atoms with Gasteiger partial charge in [0.15, 0.2) is 6.23 Å². The van der Waals surface area contributed by atoms with Gasteiger partial charge in [-0.3, -0.25) is 19.7 Å². The van der Waals surface area contributed by atoms with Crippen molar-refractivity contribution in [2.75, 3.05) is 58.5 Å². The van der Waals surface area contributed by atoms with E-state index in [4.69, 9.17) is 14.2 Å². The zero-order chi connectivity index (χ0) is 46.2. The first-order chi connectivity index (χ1) is 31.5. The molecule has 14 heteroatoms. The summed E-state index contributed by atoms with van der Waals surface area (Å²) in [4.78, 5) is 46.7. The number of hydrogen-bond acceptors (Lipinski definition) is 9. The van der Waals surface area contributed by atoms with Crippen molar-refractivity contribution in [3.8, 4) is 17.0 Å². The van der Waals surface area contributed by atoms with Gasteiger partial charge in [0.25, 0.3) is 17.5 Å². The van der Waals surface area contributed by atoms with Crippen molar-refractivity contribution in [3.05, 3.63) is 140 Å². The highest BCUT2D eigenvalue weighted by molar-refractivity contribution is 6.09. The lowest BCUT2D eigenvalue weighted by molar-refractivity contribution is -0.384. The third kappa shape index (κ3) is 10.1. The number of rotatable bonds is 9. The molecular weight excluding hydrogens is 823 g/mol. The maximum absolute atomic E-state index is 15.0. The van der Waals surface area contributed by atoms with E-state index in [1.165, 1.54) is 23.8 Å². The summed E-state index contributed by atoms with van der Waals surface area (Å²) in [7, 11) is 5.56. The van der Waals surface area contributed by atoms with Crippen molar-refractivity contribution in [1.82, 2.24) is 24.1 Å². The number of aromatic nitrogens is 3. The van der Waals surface area contributed by atoms with Crippen LogP contribution >= 0.6 is 0 Å². The Labute approximate surface area is 381 Å². The highest BCUT2D eigenvalue weighted by Gasteiger charge is 2.30. The van der Waals surface area contributed by atoms with E-state index in [0.717, 1.165) is 85.3 Å². The van der Waals surface area contributed by atoms with Crippen LogP contribution < -0.4 is 9.64 Å². The number of morpholine rings is 1. The number of hydrogen-bond donors (Lipinski definition) is 0. The number of benzene rings is 4. The molecule has 2 fully saturated rings. The first-order valence-corrected chi connectivity index (χ1v) is 22.6. The average Bonchev–Trinajstić information content (AvgIpc) is 3.91. The lowest BCUT2D eigenvalue weighted by Gasteiger charge is -2.29. The van der Waals surface area contributed by atoms with Crippen LogP contribution in [0.15, 0.2) is 91.1 Å². The zero-order valence-corrected chi connectivity index (χ0v) is 38.7. The third-order valence-corrected chi connectivity index (χ3v) is 12.6. The maximum atomic E-state index is 15.0. The van der Waals surface area contributed by atoms with Crippen LogP contribution in [-0.4, -0.2) is 94.5 Å².